The summed E-state index contributed by atoms with van der Waals surface area (Å²) in [6.07, 6.45) is 8.14. The van der Waals surface area contributed by atoms with E-state index >= 15 is 0 Å². The summed E-state index contributed by atoms with van der Waals surface area (Å²) < 4.78 is 0. The molecule has 116 valence electrons. The van der Waals surface area contributed by atoms with E-state index in [1.54, 1.807) is 0 Å². The molecule has 0 aromatic heterocycles. The Morgan fingerprint density at radius 1 is 1.25 bits per heavy atom. The number of hydrogen-bond acceptors (Lipinski definition) is 2. The summed E-state index contributed by atoms with van der Waals surface area (Å²) in [5.74, 6) is 1.14. The highest BCUT2D eigenvalue weighted by molar-refractivity contribution is 5.83. The molecule has 0 atom stereocenters. The van der Waals surface area contributed by atoms with Crippen LogP contribution in [-0.4, -0.2) is 36.5 Å². The van der Waals surface area contributed by atoms with Crippen LogP contribution in [0.2, 0.25) is 0 Å². The lowest BCUT2D eigenvalue weighted by molar-refractivity contribution is -0.145. The molecule has 1 heterocycles. The summed E-state index contributed by atoms with van der Waals surface area (Å²) in [4.78, 5) is 15.3. The Labute approximate surface area is 124 Å². The molecule has 0 unspecified atom stereocenters. The van der Waals surface area contributed by atoms with E-state index in [1.165, 1.54) is 25.7 Å². The fraction of sp³-hybridized carbons (Fsp3) is 0.941. The zero-order valence-corrected chi connectivity index (χ0v) is 13.6. The summed E-state index contributed by atoms with van der Waals surface area (Å²) >= 11 is 0. The Balaban J connectivity index is 2.04. The topological polar surface area (TPSA) is 32.3 Å². The van der Waals surface area contributed by atoms with Crippen molar-refractivity contribution in [2.75, 3.05) is 19.6 Å². The van der Waals surface area contributed by atoms with Gasteiger partial charge in [0.2, 0.25) is 5.91 Å². The predicted octanol–water partition coefficient (Wildman–Crippen LogP) is 3.19. The third-order valence-corrected chi connectivity index (χ3v) is 5.49. The predicted molar refractivity (Wildman–Crippen MR) is 83.6 cm³/mol. The molecule has 1 aliphatic heterocycles. The van der Waals surface area contributed by atoms with Gasteiger partial charge in [-0.05, 0) is 65.0 Å². The van der Waals surface area contributed by atoms with E-state index in [0.29, 0.717) is 17.9 Å². The molecule has 0 radical (unpaired) electrons. The van der Waals surface area contributed by atoms with E-state index in [0.717, 1.165) is 38.9 Å². The normalized spacial score (nSPS) is 23.2. The average molecular weight is 280 g/mol. The van der Waals surface area contributed by atoms with Gasteiger partial charge in [0.25, 0.3) is 0 Å². The molecule has 0 bridgehead atoms. The second-order valence-electron chi connectivity index (χ2n) is 7.09. The zero-order valence-electron chi connectivity index (χ0n) is 13.6. The number of piperidine rings is 1. The van der Waals surface area contributed by atoms with Crippen molar-refractivity contribution in [2.45, 2.75) is 71.8 Å². The smallest absolute Gasteiger partial charge is 0.229 e. The fourth-order valence-electron chi connectivity index (χ4n) is 3.95. The molecular weight excluding hydrogens is 248 g/mol. The van der Waals surface area contributed by atoms with Crippen molar-refractivity contribution in [3.63, 3.8) is 0 Å². The quantitative estimate of drug-likeness (QED) is 0.839. The van der Waals surface area contributed by atoms with Crippen molar-refractivity contribution in [3.05, 3.63) is 0 Å². The molecule has 20 heavy (non-hydrogen) atoms. The van der Waals surface area contributed by atoms with Gasteiger partial charge in [-0.15, -0.1) is 0 Å². The number of carbonyl (C=O) groups is 1. The van der Waals surface area contributed by atoms with Crippen molar-refractivity contribution in [2.24, 2.45) is 11.3 Å². The van der Waals surface area contributed by atoms with Gasteiger partial charge in [-0.2, -0.15) is 0 Å². The molecule has 1 amide bonds. The third-order valence-electron chi connectivity index (χ3n) is 5.49. The molecule has 1 saturated heterocycles. The number of hydrogen-bond donors (Lipinski definition) is 1. The molecule has 1 aliphatic carbocycles. The maximum atomic E-state index is 13.1. The van der Waals surface area contributed by atoms with Gasteiger partial charge in [-0.3, -0.25) is 4.79 Å². The molecule has 3 heteroatoms. The lowest BCUT2D eigenvalue weighted by Gasteiger charge is -2.39. The van der Waals surface area contributed by atoms with Crippen molar-refractivity contribution in [1.29, 1.82) is 0 Å². The Kier molecular flexibility index (Phi) is 5.48. The van der Waals surface area contributed by atoms with E-state index in [4.69, 9.17) is 0 Å². The van der Waals surface area contributed by atoms with Crippen molar-refractivity contribution in [1.82, 2.24) is 10.2 Å². The van der Waals surface area contributed by atoms with Gasteiger partial charge in [0.05, 0.1) is 0 Å². The molecule has 3 nitrogen and oxygen atoms in total. The standard InChI is InChI=1S/C17H32N2O/c1-4-17(9-5-6-10-17)16(20)19(14(2)3)13-15-7-11-18-12-8-15/h14-15,18H,4-13H2,1-3H3. The maximum Gasteiger partial charge on any atom is 0.229 e. The van der Waals surface area contributed by atoms with Crippen LogP contribution < -0.4 is 5.32 Å². The SMILES string of the molecule is CCC1(C(=O)N(CC2CCNCC2)C(C)C)CCCC1. The first-order valence-corrected chi connectivity index (χ1v) is 8.61. The number of carbonyl (C=O) groups excluding carboxylic acids is 1. The Hall–Kier alpha value is -0.570. The Morgan fingerprint density at radius 3 is 2.35 bits per heavy atom. The monoisotopic (exact) mass is 280 g/mol. The molecule has 1 saturated carbocycles. The minimum Gasteiger partial charge on any atom is -0.340 e. The first kappa shape index (κ1) is 15.8. The number of amides is 1. The highest BCUT2D eigenvalue weighted by Gasteiger charge is 2.42. The summed E-state index contributed by atoms with van der Waals surface area (Å²) in [5.41, 5.74) is -0.0306. The van der Waals surface area contributed by atoms with Crippen LogP contribution >= 0.6 is 0 Å². The van der Waals surface area contributed by atoms with E-state index in [9.17, 15) is 4.79 Å². The largest absolute Gasteiger partial charge is 0.340 e. The highest BCUT2D eigenvalue weighted by atomic mass is 16.2. The Morgan fingerprint density at radius 2 is 1.85 bits per heavy atom. The molecular formula is C17H32N2O. The van der Waals surface area contributed by atoms with E-state index in [2.05, 4.69) is 31.0 Å². The minimum atomic E-state index is -0.0306. The van der Waals surface area contributed by atoms with Crippen LogP contribution in [0.15, 0.2) is 0 Å². The molecule has 0 aromatic rings. The van der Waals surface area contributed by atoms with Crippen molar-refractivity contribution in [3.8, 4) is 0 Å². The minimum absolute atomic E-state index is 0.0306. The summed E-state index contributed by atoms with van der Waals surface area (Å²) in [5, 5.41) is 3.42. The second kappa shape index (κ2) is 6.93. The highest BCUT2D eigenvalue weighted by Crippen LogP contribution is 2.43. The maximum absolute atomic E-state index is 13.1. The number of rotatable bonds is 5. The van der Waals surface area contributed by atoms with Crippen LogP contribution in [0, 0.1) is 11.3 Å². The van der Waals surface area contributed by atoms with Gasteiger partial charge in [0, 0.05) is 18.0 Å². The zero-order chi connectivity index (χ0) is 14.6. The lowest BCUT2D eigenvalue weighted by atomic mass is 9.81. The van der Waals surface area contributed by atoms with Gasteiger partial charge in [0.1, 0.15) is 0 Å². The third kappa shape index (κ3) is 3.36. The molecule has 2 rings (SSSR count). The van der Waals surface area contributed by atoms with Crippen LogP contribution in [0.5, 0.6) is 0 Å². The van der Waals surface area contributed by atoms with Gasteiger partial charge in [-0.1, -0.05) is 19.8 Å². The molecule has 2 fully saturated rings. The van der Waals surface area contributed by atoms with Crippen LogP contribution in [0.25, 0.3) is 0 Å². The molecule has 0 aromatic carbocycles. The van der Waals surface area contributed by atoms with Gasteiger partial charge in [0.15, 0.2) is 0 Å². The summed E-state index contributed by atoms with van der Waals surface area (Å²) in [6, 6.07) is 0.335. The van der Waals surface area contributed by atoms with E-state index in [1.807, 2.05) is 0 Å². The first-order valence-electron chi connectivity index (χ1n) is 8.61. The summed E-state index contributed by atoms with van der Waals surface area (Å²) in [6.45, 7) is 9.76. The Bertz CT molecular complexity index is 315. The van der Waals surface area contributed by atoms with Gasteiger partial charge in [-0.25, -0.2) is 0 Å². The first-order chi connectivity index (χ1) is 9.59. The molecule has 0 spiro atoms. The molecule has 2 aliphatic rings. The molecule has 1 N–H and O–H groups in total. The second-order valence-corrected chi connectivity index (χ2v) is 7.09. The van der Waals surface area contributed by atoms with Gasteiger partial charge >= 0.3 is 0 Å². The summed E-state index contributed by atoms with van der Waals surface area (Å²) in [7, 11) is 0. The number of nitrogens with one attached hydrogen (secondary N) is 1. The number of nitrogens with zero attached hydrogens (tertiary/aromatic N) is 1. The van der Waals surface area contributed by atoms with Gasteiger partial charge < -0.3 is 10.2 Å². The van der Waals surface area contributed by atoms with Crippen molar-refractivity contribution >= 4 is 5.91 Å². The van der Waals surface area contributed by atoms with Crippen LogP contribution in [0.1, 0.15) is 65.7 Å². The average Bonchev–Trinajstić information content (AvgIpc) is 2.95. The van der Waals surface area contributed by atoms with E-state index < -0.39 is 0 Å². The van der Waals surface area contributed by atoms with Crippen molar-refractivity contribution < 1.29 is 4.79 Å². The van der Waals surface area contributed by atoms with Crippen LogP contribution in [0.4, 0.5) is 0 Å². The fourth-order valence-corrected chi connectivity index (χ4v) is 3.95. The van der Waals surface area contributed by atoms with E-state index in [-0.39, 0.29) is 5.41 Å². The van der Waals surface area contributed by atoms with Crippen LogP contribution in [0.3, 0.4) is 0 Å². The van der Waals surface area contributed by atoms with Crippen LogP contribution in [-0.2, 0) is 4.79 Å². The lowest BCUT2D eigenvalue weighted by Crippen LogP contribution is -2.49.